The Bertz CT molecular complexity index is 889. The Labute approximate surface area is 169 Å². The number of hydrogen-bond acceptors (Lipinski definition) is 6. The maximum absolute atomic E-state index is 13.3. The van der Waals surface area contributed by atoms with Crippen molar-refractivity contribution in [2.24, 2.45) is 0 Å². The first-order valence-electron chi connectivity index (χ1n) is 10.7. The zero-order chi connectivity index (χ0) is 19.8. The van der Waals surface area contributed by atoms with Crippen molar-refractivity contribution in [1.82, 2.24) is 35.1 Å². The summed E-state index contributed by atoms with van der Waals surface area (Å²) in [5.74, 6) is 0.342. The Kier molecular flexibility index (Phi) is 4.69. The molecular weight excluding hydrogens is 370 g/mol. The van der Waals surface area contributed by atoms with Crippen LogP contribution in [-0.2, 0) is 4.79 Å². The Morgan fingerprint density at radius 2 is 1.97 bits per heavy atom. The number of nitrogens with zero attached hydrogens (tertiary/aromatic N) is 5. The summed E-state index contributed by atoms with van der Waals surface area (Å²) in [7, 11) is 0. The predicted octanol–water partition coefficient (Wildman–Crippen LogP) is 0.910. The second-order valence-corrected chi connectivity index (χ2v) is 8.56. The number of piperidine rings is 1. The van der Waals surface area contributed by atoms with Crippen LogP contribution in [0.2, 0.25) is 0 Å². The molecule has 2 aliphatic heterocycles. The van der Waals surface area contributed by atoms with Crippen LogP contribution in [0.1, 0.15) is 62.0 Å². The van der Waals surface area contributed by atoms with E-state index in [1.807, 2.05) is 0 Å². The van der Waals surface area contributed by atoms with Crippen LogP contribution in [0.3, 0.4) is 0 Å². The van der Waals surface area contributed by atoms with Crippen molar-refractivity contribution >= 4 is 17.6 Å². The highest BCUT2D eigenvalue weighted by Crippen LogP contribution is 2.38. The molecule has 3 aliphatic rings. The molecule has 0 aromatic carbocycles. The van der Waals surface area contributed by atoms with E-state index >= 15 is 0 Å². The van der Waals surface area contributed by atoms with E-state index in [0.717, 1.165) is 38.6 Å². The minimum absolute atomic E-state index is 0.0884. The van der Waals surface area contributed by atoms with Crippen LogP contribution in [0.25, 0.3) is 5.78 Å². The van der Waals surface area contributed by atoms with E-state index in [1.165, 1.54) is 17.4 Å². The van der Waals surface area contributed by atoms with Gasteiger partial charge in [0, 0.05) is 31.0 Å². The molecule has 154 valence electrons. The number of rotatable bonds is 4. The molecule has 1 saturated carbocycles. The number of fused-ring (bicyclic) bond motifs is 2. The van der Waals surface area contributed by atoms with Crippen molar-refractivity contribution in [3.63, 3.8) is 0 Å². The van der Waals surface area contributed by atoms with E-state index in [2.05, 4.69) is 30.6 Å². The molecule has 2 N–H and O–H groups in total. The van der Waals surface area contributed by atoms with Gasteiger partial charge in [-0.05, 0) is 51.1 Å². The Morgan fingerprint density at radius 1 is 1.10 bits per heavy atom. The lowest BCUT2D eigenvalue weighted by molar-refractivity contribution is -0.134. The largest absolute Gasteiger partial charge is 0.352 e. The van der Waals surface area contributed by atoms with Gasteiger partial charge in [0.2, 0.25) is 11.7 Å². The van der Waals surface area contributed by atoms with Gasteiger partial charge in [-0.25, -0.2) is 9.50 Å². The molecule has 4 heterocycles. The second kappa shape index (κ2) is 7.37. The summed E-state index contributed by atoms with van der Waals surface area (Å²) in [5.41, 5.74) is -0.493. The number of nitrogens with one attached hydrogen (secondary N) is 2. The highest BCUT2D eigenvalue weighted by atomic mass is 16.2. The lowest BCUT2D eigenvalue weighted by Crippen LogP contribution is -2.58. The van der Waals surface area contributed by atoms with Crippen LogP contribution in [0.4, 0.5) is 0 Å². The minimum Gasteiger partial charge on any atom is -0.352 e. The monoisotopic (exact) mass is 397 g/mol. The van der Waals surface area contributed by atoms with Crippen molar-refractivity contribution < 1.29 is 9.59 Å². The average molecular weight is 397 g/mol. The molecule has 2 saturated heterocycles. The molecule has 1 aliphatic carbocycles. The number of carbonyl (C=O) groups excluding carboxylic acids is 2. The van der Waals surface area contributed by atoms with Gasteiger partial charge in [0.15, 0.2) is 0 Å². The third-order valence-corrected chi connectivity index (χ3v) is 6.67. The van der Waals surface area contributed by atoms with Crippen molar-refractivity contribution in [2.75, 3.05) is 13.1 Å². The van der Waals surface area contributed by atoms with E-state index in [4.69, 9.17) is 0 Å². The molecular formula is C20H27N7O2. The number of amides is 2. The van der Waals surface area contributed by atoms with Crippen LogP contribution in [0.5, 0.6) is 0 Å². The summed E-state index contributed by atoms with van der Waals surface area (Å²) in [5, 5.41) is 10.6. The fourth-order valence-electron chi connectivity index (χ4n) is 5.24. The molecule has 0 unspecified atom stereocenters. The first kappa shape index (κ1) is 18.5. The van der Waals surface area contributed by atoms with Crippen molar-refractivity contribution in [3.8, 4) is 0 Å². The maximum atomic E-state index is 13.3. The minimum atomic E-state index is -0.493. The van der Waals surface area contributed by atoms with E-state index in [0.29, 0.717) is 24.8 Å². The smallest absolute Gasteiger partial charge is 0.291 e. The van der Waals surface area contributed by atoms with Crippen LogP contribution in [0.15, 0.2) is 18.5 Å². The highest BCUT2D eigenvalue weighted by Gasteiger charge is 2.52. The third-order valence-electron chi connectivity index (χ3n) is 6.67. The van der Waals surface area contributed by atoms with Crippen molar-refractivity contribution in [2.45, 2.75) is 69.0 Å². The van der Waals surface area contributed by atoms with Gasteiger partial charge in [0.25, 0.3) is 11.7 Å². The molecule has 0 spiro atoms. The Balaban J connectivity index is 1.30. The number of hydrogen-bond donors (Lipinski definition) is 2. The first-order valence-corrected chi connectivity index (χ1v) is 10.7. The molecule has 9 heteroatoms. The van der Waals surface area contributed by atoms with Crippen LogP contribution in [-0.4, -0.2) is 67.0 Å². The fraction of sp³-hybridized carbons (Fsp3) is 0.650. The van der Waals surface area contributed by atoms with E-state index < -0.39 is 5.54 Å². The summed E-state index contributed by atoms with van der Waals surface area (Å²) in [6.45, 7) is 1.59. The molecule has 9 nitrogen and oxygen atoms in total. The molecule has 2 aromatic heterocycles. The molecule has 0 bridgehead atoms. The summed E-state index contributed by atoms with van der Waals surface area (Å²) in [6, 6.07) is 1.96. The average Bonchev–Trinajstić information content (AvgIpc) is 3.45. The number of aromatic nitrogens is 4. The summed E-state index contributed by atoms with van der Waals surface area (Å²) < 4.78 is 1.49. The SMILES string of the molecule is O=C(N[C@@H]1CN2CCCC[C@@]2(C(=O)NC2CCCC2)C1)c1nc2ncccn2n1. The lowest BCUT2D eigenvalue weighted by Gasteiger charge is -2.41. The van der Waals surface area contributed by atoms with Gasteiger partial charge in [-0.15, -0.1) is 5.10 Å². The molecule has 2 atom stereocenters. The quantitative estimate of drug-likeness (QED) is 0.795. The summed E-state index contributed by atoms with van der Waals surface area (Å²) in [6.07, 6.45) is 11.5. The topological polar surface area (TPSA) is 105 Å². The fourth-order valence-corrected chi connectivity index (χ4v) is 5.24. The maximum Gasteiger partial charge on any atom is 0.291 e. The van der Waals surface area contributed by atoms with Gasteiger partial charge in [-0.3, -0.25) is 14.5 Å². The molecule has 0 radical (unpaired) electrons. The normalized spacial score (nSPS) is 27.8. The zero-order valence-corrected chi connectivity index (χ0v) is 16.5. The lowest BCUT2D eigenvalue weighted by atomic mass is 9.84. The van der Waals surface area contributed by atoms with Crippen molar-refractivity contribution in [3.05, 3.63) is 24.3 Å². The van der Waals surface area contributed by atoms with E-state index in [9.17, 15) is 9.59 Å². The molecule has 2 aromatic rings. The van der Waals surface area contributed by atoms with Gasteiger partial charge in [0.1, 0.15) is 5.54 Å². The zero-order valence-electron chi connectivity index (χ0n) is 16.5. The second-order valence-electron chi connectivity index (χ2n) is 8.56. The van der Waals surface area contributed by atoms with Gasteiger partial charge in [0.05, 0.1) is 0 Å². The van der Waals surface area contributed by atoms with Gasteiger partial charge >= 0.3 is 0 Å². The first-order chi connectivity index (χ1) is 14.1. The molecule has 2 amide bonds. The Morgan fingerprint density at radius 3 is 2.79 bits per heavy atom. The predicted molar refractivity (Wildman–Crippen MR) is 105 cm³/mol. The standard InChI is InChI=1S/C20H27N7O2/c28-17(16-24-19-21-9-5-11-27(19)25-16)22-15-12-20(8-3-4-10-26(20)13-15)18(29)23-14-6-1-2-7-14/h5,9,11,14-15H,1-4,6-8,10,12-13H2,(H,22,28)(H,23,29)/t15-,20-/m0/s1. The molecule has 5 rings (SSSR count). The Hall–Kier alpha value is -2.55. The molecule has 29 heavy (non-hydrogen) atoms. The van der Waals surface area contributed by atoms with Gasteiger partial charge in [-0.1, -0.05) is 12.8 Å². The highest BCUT2D eigenvalue weighted by molar-refractivity contribution is 5.91. The van der Waals surface area contributed by atoms with Crippen LogP contribution < -0.4 is 10.6 Å². The molecule has 3 fully saturated rings. The number of carbonyl (C=O) groups is 2. The van der Waals surface area contributed by atoms with Crippen LogP contribution >= 0.6 is 0 Å². The summed E-state index contributed by atoms with van der Waals surface area (Å²) >= 11 is 0. The van der Waals surface area contributed by atoms with E-state index in [1.54, 1.807) is 18.5 Å². The summed E-state index contributed by atoms with van der Waals surface area (Å²) in [4.78, 5) is 36.6. The van der Waals surface area contributed by atoms with Crippen molar-refractivity contribution in [1.29, 1.82) is 0 Å². The van der Waals surface area contributed by atoms with E-state index in [-0.39, 0.29) is 23.7 Å². The third kappa shape index (κ3) is 3.37. The van der Waals surface area contributed by atoms with Gasteiger partial charge in [-0.2, -0.15) is 4.98 Å². The van der Waals surface area contributed by atoms with Crippen LogP contribution in [0, 0.1) is 0 Å². The van der Waals surface area contributed by atoms with Gasteiger partial charge < -0.3 is 10.6 Å².